The van der Waals surface area contributed by atoms with E-state index in [0.29, 0.717) is 21.6 Å². The van der Waals surface area contributed by atoms with E-state index < -0.39 is 0 Å². The first-order chi connectivity index (χ1) is 7.22. The molecule has 1 aromatic heterocycles. The second-order valence-electron chi connectivity index (χ2n) is 2.75. The average Bonchev–Trinajstić information content (AvgIpc) is 2.65. The molecule has 0 aliphatic carbocycles. The Morgan fingerprint density at radius 2 is 2.07 bits per heavy atom. The van der Waals surface area contributed by atoms with Crippen LogP contribution in [0.4, 0.5) is 0 Å². The first-order valence-corrected chi connectivity index (χ1v) is 5.53. The van der Waals surface area contributed by atoms with Crippen LogP contribution < -0.4 is 4.74 Å². The van der Waals surface area contributed by atoms with Crippen molar-refractivity contribution in [2.24, 2.45) is 0 Å². The van der Waals surface area contributed by atoms with Crippen molar-refractivity contribution in [2.45, 2.75) is 0 Å². The summed E-state index contributed by atoms with van der Waals surface area (Å²) in [6.07, 6.45) is 0. The Bertz CT molecular complexity index is 487. The smallest absolute Gasteiger partial charge is 0.170 e. The van der Waals surface area contributed by atoms with Gasteiger partial charge >= 0.3 is 0 Å². The molecule has 1 aromatic carbocycles. The van der Waals surface area contributed by atoms with Gasteiger partial charge in [-0.3, -0.25) is 0 Å². The van der Waals surface area contributed by atoms with Gasteiger partial charge in [-0.15, -0.1) is 0 Å². The van der Waals surface area contributed by atoms with Crippen molar-refractivity contribution >= 4 is 34.9 Å². The molecule has 2 rings (SSSR count). The van der Waals surface area contributed by atoms with Gasteiger partial charge in [0, 0.05) is 5.56 Å². The van der Waals surface area contributed by atoms with Crippen molar-refractivity contribution in [1.82, 2.24) is 8.75 Å². The highest BCUT2D eigenvalue weighted by molar-refractivity contribution is 6.99. The normalized spacial score (nSPS) is 10.3. The van der Waals surface area contributed by atoms with Gasteiger partial charge in [-0.2, -0.15) is 8.75 Å². The topological polar surface area (TPSA) is 35.0 Å². The summed E-state index contributed by atoms with van der Waals surface area (Å²) >= 11 is 12.9. The summed E-state index contributed by atoms with van der Waals surface area (Å²) in [6, 6.07) is 5.35. The molecule has 78 valence electrons. The number of benzene rings is 1. The van der Waals surface area contributed by atoms with Gasteiger partial charge in [-0.25, -0.2) is 0 Å². The molecular weight excluding hydrogens is 255 g/mol. The van der Waals surface area contributed by atoms with Crippen molar-refractivity contribution in [3.05, 3.63) is 28.4 Å². The molecule has 0 saturated heterocycles. The van der Waals surface area contributed by atoms with Gasteiger partial charge in [0.05, 0.1) is 23.9 Å². The number of methoxy groups -OCH3 is 1. The standard InChI is InChI=1S/C9H6Cl2N2OS/c1-14-7-4-5(2-3-6(7)10)8-9(11)13-15-12-8/h2-4H,1H3. The summed E-state index contributed by atoms with van der Waals surface area (Å²) in [5, 5.41) is 0.949. The highest BCUT2D eigenvalue weighted by atomic mass is 35.5. The van der Waals surface area contributed by atoms with Crippen LogP contribution in [0.2, 0.25) is 10.2 Å². The second kappa shape index (κ2) is 4.35. The van der Waals surface area contributed by atoms with Crippen molar-refractivity contribution in [2.75, 3.05) is 7.11 Å². The number of nitrogens with zero attached hydrogens (tertiary/aromatic N) is 2. The maximum atomic E-state index is 5.91. The molecule has 1 heterocycles. The van der Waals surface area contributed by atoms with Gasteiger partial charge < -0.3 is 4.74 Å². The summed E-state index contributed by atoms with van der Waals surface area (Å²) in [4.78, 5) is 0. The number of halogens is 2. The van der Waals surface area contributed by atoms with Gasteiger partial charge in [-0.1, -0.05) is 29.3 Å². The fraction of sp³-hybridized carbons (Fsp3) is 0.111. The molecule has 0 unspecified atom stereocenters. The number of hydrogen-bond acceptors (Lipinski definition) is 4. The molecule has 0 N–H and O–H groups in total. The minimum atomic E-state index is 0.393. The summed E-state index contributed by atoms with van der Waals surface area (Å²) in [7, 11) is 1.56. The molecule has 15 heavy (non-hydrogen) atoms. The predicted molar refractivity (Wildman–Crippen MR) is 61.9 cm³/mol. The van der Waals surface area contributed by atoms with Gasteiger partial charge in [0.15, 0.2) is 5.15 Å². The lowest BCUT2D eigenvalue weighted by Gasteiger charge is -2.04. The Morgan fingerprint density at radius 1 is 1.27 bits per heavy atom. The van der Waals surface area contributed by atoms with E-state index in [1.54, 1.807) is 19.2 Å². The summed E-state index contributed by atoms with van der Waals surface area (Å²) in [5.74, 6) is 0.596. The molecule has 0 fully saturated rings. The van der Waals surface area contributed by atoms with E-state index >= 15 is 0 Å². The first-order valence-electron chi connectivity index (χ1n) is 4.04. The van der Waals surface area contributed by atoms with E-state index in [-0.39, 0.29) is 0 Å². The minimum Gasteiger partial charge on any atom is -0.495 e. The molecule has 6 heteroatoms. The number of rotatable bonds is 2. The quantitative estimate of drug-likeness (QED) is 0.829. The lowest BCUT2D eigenvalue weighted by Crippen LogP contribution is -1.86. The third-order valence-electron chi connectivity index (χ3n) is 1.87. The Hall–Kier alpha value is -0.840. The van der Waals surface area contributed by atoms with Gasteiger partial charge in [-0.05, 0) is 12.1 Å². The maximum absolute atomic E-state index is 5.91. The maximum Gasteiger partial charge on any atom is 0.170 e. The van der Waals surface area contributed by atoms with E-state index in [2.05, 4.69) is 8.75 Å². The van der Waals surface area contributed by atoms with E-state index in [0.717, 1.165) is 17.3 Å². The van der Waals surface area contributed by atoms with Crippen LogP contribution in [-0.4, -0.2) is 15.9 Å². The number of hydrogen-bond donors (Lipinski definition) is 0. The highest BCUT2D eigenvalue weighted by Gasteiger charge is 2.10. The molecule has 0 atom stereocenters. The second-order valence-corrected chi connectivity index (χ2v) is 4.05. The van der Waals surface area contributed by atoms with Gasteiger partial charge in [0.25, 0.3) is 0 Å². The average molecular weight is 261 g/mol. The van der Waals surface area contributed by atoms with E-state index in [9.17, 15) is 0 Å². The van der Waals surface area contributed by atoms with Crippen LogP contribution in [0.25, 0.3) is 11.3 Å². The monoisotopic (exact) mass is 260 g/mol. The Morgan fingerprint density at radius 3 is 2.67 bits per heavy atom. The zero-order valence-corrected chi connectivity index (χ0v) is 10.0. The zero-order valence-electron chi connectivity index (χ0n) is 7.70. The molecular formula is C9H6Cl2N2OS. The van der Waals surface area contributed by atoms with Gasteiger partial charge in [0.2, 0.25) is 0 Å². The Balaban J connectivity index is 2.51. The van der Waals surface area contributed by atoms with Crippen LogP contribution in [0.5, 0.6) is 5.75 Å². The summed E-state index contributed by atoms with van der Waals surface area (Å²) in [6.45, 7) is 0. The lowest BCUT2D eigenvalue weighted by atomic mass is 10.1. The van der Waals surface area contributed by atoms with Crippen LogP contribution in [0.1, 0.15) is 0 Å². The van der Waals surface area contributed by atoms with Crippen LogP contribution in [0, 0.1) is 0 Å². The molecule has 0 aliphatic heterocycles. The molecule has 2 aromatic rings. The SMILES string of the molecule is COc1cc(-c2nsnc2Cl)ccc1Cl. The largest absolute Gasteiger partial charge is 0.495 e. The van der Waals surface area contributed by atoms with Crippen LogP contribution in [0.15, 0.2) is 18.2 Å². The zero-order chi connectivity index (χ0) is 10.8. The molecule has 0 saturated carbocycles. The van der Waals surface area contributed by atoms with Crippen LogP contribution in [-0.2, 0) is 0 Å². The van der Waals surface area contributed by atoms with E-state index in [1.165, 1.54) is 0 Å². The van der Waals surface area contributed by atoms with Crippen LogP contribution >= 0.6 is 34.9 Å². The minimum absolute atomic E-state index is 0.393. The molecule has 0 spiro atoms. The fourth-order valence-electron chi connectivity index (χ4n) is 1.16. The molecule has 0 radical (unpaired) electrons. The summed E-state index contributed by atoms with van der Waals surface area (Å²) in [5.41, 5.74) is 1.49. The van der Waals surface area contributed by atoms with E-state index in [4.69, 9.17) is 27.9 Å². The Kier molecular flexibility index (Phi) is 3.09. The summed E-state index contributed by atoms with van der Waals surface area (Å²) < 4.78 is 13.1. The fourth-order valence-corrected chi connectivity index (χ4v) is 2.12. The van der Waals surface area contributed by atoms with Crippen molar-refractivity contribution in [3.63, 3.8) is 0 Å². The number of aromatic nitrogens is 2. The van der Waals surface area contributed by atoms with Crippen molar-refractivity contribution in [1.29, 1.82) is 0 Å². The Labute approximate surface area is 101 Å². The molecule has 3 nitrogen and oxygen atoms in total. The third-order valence-corrected chi connectivity index (χ3v) is 3.08. The molecule has 0 bridgehead atoms. The lowest BCUT2D eigenvalue weighted by molar-refractivity contribution is 0.415. The van der Waals surface area contributed by atoms with Crippen LogP contribution in [0.3, 0.4) is 0 Å². The van der Waals surface area contributed by atoms with E-state index in [1.807, 2.05) is 6.07 Å². The highest BCUT2D eigenvalue weighted by Crippen LogP contribution is 2.32. The third kappa shape index (κ3) is 2.07. The van der Waals surface area contributed by atoms with Gasteiger partial charge in [0.1, 0.15) is 11.4 Å². The molecule has 0 amide bonds. The molecule has 0 aliphatic rings. The van der Waals surface area contributed by atoms with Crippen molar-refractivity contribution in [3.8, 4) is 17.0 Å². The predicted octanol–water partition coefficient (Wildman–Crippen LogP) is 3.52. The van der Waals surface area contributed by atoms with Crippen molar-refractivity contribution < 1.29 is 4.74 Å². The number of ether oxygens (including phenoxy) is 1. The first kappa shape index (κ1) is 10.7.